The van der Waals surface area contributed by atoms with Gasteiger partial charge >= 0.3 is 0 Å². The molecule has 2 aromatic rings. The molecule has 2 rings (SSSR count). The van der Waals surface area contributed by atoms with Crippen LogP contribution in [0.15, 0.2) is 36.4 Å². The van der Waals surface area contributed by atoms with Gasteiger partial charge in [0.1, 0.15) is 11.5 Å². The van der Waals surface area contributed by atoms with E-state index in [2.05, 4.69) is 12.2 Å². The van der Waals surface area contributed by atoms with Crippen LogP contribution >= 0.6 is 34.8 Å². The maximum atomic E-state index is 6.05. The van der Waals surface area contributed by atoms with E-state index in [0.717, 1.165) is 25.1 Å². The largest absolute Gasteiger partial charge is 0.457 e. The third-order valence-electron chi connectivity index (χ3n) is 2.89. The van der Waals surface area contributed by atoms with Crippen molar-refractivity contribution >= 4 is 34.8 Å². The van der Waals surface area contributed by atoms with Crippen LogP contribution in [0.1, 0.15) is 18.9 Å². The molecular formula is C16H16Cl3NO. The summed E-state index contributed by atoms with van der Waals surface area (Å²) in [6, 6.07) is 10.8. The molecule has 0 amide bonds. The summed E-state index contributed by atoms with van der Waals surface area (Å²) in [7, 11) is 0. The summed E-state index contributed by atoms with van der Waals surface area (Å²) in [5, 5.41) is 4.94. The van der Waals surface area contributed by atoms with Crippen molar-refractivity contribution in [2.24, 2.45) is 0 Å². The zero-order valence-corrected chi connectivity index (χ0v) is 13.9. The van der Waals surface area contributed by atoms with Crippen molar-refractivity contribution in [3.8, 4) is 11.5 Å². The minimum atomic E-state index is 0.460. The number of halogens is 3. The van der Waals surface area contributed by atoms with Crippen molar-refractivity contribution in [3.05, 3.63) is 57.0 Å². The summed E-state index contributed by atoms with van der Waals surface area (Å²) in [4.78, 5) is 0. The van der Waals surface area contributed by atoms with Gasteiger partial charge in [-0.15, -0.1) is 0 Å². The maximum Gasteiger partial charge on any atom is 0.133 e. The van der Waals surface area contributed by atoms with Gasteiger partial charge in [0.2, 0.25) is 0 Å². The average molecular weight is 345 g/mol. The van der Waals surface area contributed by atoms with Crippen LogP contribution in [0, 0.1) is 0 Å². The Kier molecular flexibility index (Phi) is 6.19. The zero-order valence-electron chi connectivity index (χ0n) is 11.6. The lowest BCUT2D eigenvalue weighted by atomic mass is 10.2. The molecule has 2 nitrogen and oxygen atoms in total. The molecule has 5 heteroatoms. The summed E-state index contributed by atoms with van der Waals surface area (Å²) in [6.45, 7) is 3.80. The molecule has 0 aliphatic rings. The molecule has 1 N–H and O–H groups in total. The third-order valence-corrected chi connectivity index (χ3v) is 3.86. The second kappa shape index (κ2) is 7.90. The van der Waals surface area contributed by atoms with E-state index in [1.54, 1.807) is 24.3 Å². The molecular weight excluding hydrogens is 329 g/mol. The first-order chi connectivity index (χ1) is 10.1. The van der Waals surface area contributed by atoms with Crippen LogP contribution in [0.3, 0.4) is 0 Å². The summed E-state index contributed by atoms with van der Waals surface area (Å²) in [5.74, 6) is 1.34. The standard InChI is InChI=1S/C16H16Cl3NO/c1-2-7-20-10-11-3-4-12(17)8-16(11)21-13-5-6-14(18)15(19)9-13/h3-6,8-9,20H,2,7,10H2,1H3. The van der Waals surface area contributed by atoms with Gasteiger partial charge < -0.3 is 10.1 Å². The topological polar surface area (TPSA) is 21.3 Å². The van der Waals surface area contributed by atoms with E-state index in [1.807, 2.05) is 12.1 Å². The van der Waals surface area contributed by atoms with Crippen molar-refractivity contribution in [1.29, 1.82) is 0 Å². The average Bonchev–Trinajstić information content (AvgIpc) is 2.45. The highest BCUT2D eigenvalue weighted by molar-refractivity contribution is 6.42. The van der Waals surface area contributed by atoms with E-state index in [1.165, 1.54) is 0 Å². The molecule has 0 radical (unpaired) electrons. The first-order valence-corrected chi connectivity index (χ1v) is 7.85. The lowest BCUT2D eigenvalue weighted by Crippen LogP contribution is -2.14. The Labute approximate surface area is 140 Å². The molecule has 0 saturated heterocycles. The van der Waals surface area contributed by atoms with Gasteiger partial charge in [-0.05, 0) is 37.2 Å². The minimum Gasteiger partial charge on any atom is -0.457 e. The quantitative estimate of drug-likeness (QED) is 0.655. The van der Waals surface area contributed by atoms with E-state index >= 15 is 0 Å². The molecule has 0 atom stereocenters. The van der Waals surface area contributed by atoms with Crippen molar-refractivity contribution in [1.82, 2.24) is 5.32 Å². The molecule has 0 aliphatic carbocycles. The zero-order chi connectivity index (χ0) is 15.2. The molecule has 0 spiro atoms. The van der Waals surface area contributed by atoms with Crippen LogP contribution in [0.4, 0.5) is 0 Å². The molecule has 21 heavy (non-hydrogen) atoms. The fourth-order valence-corrected chi connectivity index (χ4v) is 2.29. The van der Waals surface area contributed by atoms with Crippen LogP contribution in [0.5, 0.6) is 11.5 Å². The predicted octanol–water partition coefficient (Wildman–Crippen LogP) is 5.94. The summed E-state index contributed by atoms with van der Waals surface area (Å²) >= 11 is 18.0. The number of benzene rings is 2. The number of rotatable bonds is 6. The molecule has 0 heterocycles. The second-order valence-corrected chi connectivity index (χ2v) is 5.86. The van der Waals surface area contributed by atoms with Gasteiger partial charge in [0.25, 0.3) is 0 Å². The Morgan fingerprint density at radius 2 is 1.81 bits per heavy atom. The number of hydrogen-bond donors (Lipinski definition) is 1. The Morgan fingerprint density at radius 1 is 1.00 bits per heavy atom. The van der Waals surface area contributed by atoms with Crippen LogP contribution in [0.25, 0.3) is 0 Å². The lowest BCUT2D eigenvalue weighted by Gasteiger charge is -2.13. The number of ether oxygens (including phenoxy) is 1. The van der Waals surface area contributed by atoms with Crippen molar-refractivity contribution in [2.75, 3.05) is 6.54 Å². The highest BCUT2D eigenvalue weighted by atomic mass is 35.5. The molecule has 2 aromatic carbocycles. The van der Waals surface area contributed by atoms with Gasteiger partial charge in [-0.2, -0.15) is 0 Å². The summed E-state index contributed by atoms with van der Waals surface area (Å²) in [6.07, 6.45) is 1.08. The molecule has 0 saturated carbocycles. The minimum absolute atomic E-state index is 0.460. The first kappa shape index (κ1) is 16.4. The Hall–Kier alpha value is -0.930. The molecule has 112 valence electrons. The highest BCUT2D eigenvalue weighted by Gasteiger charge is 2.07. The number of nitrogens with one attached hydrogen (secondary N) is 1. The van der Waals surface area contributed by atoms with Crippen molar-refractivity contribution in [2.45, 2.75) is 19.9 Å². The summed E-state index contributed by atoms with van der Waals surface area (Å²) in [5.41, 5.74) is 1.04. The summed E-state index contributed by atoms with van der Waals surface area (Å²) < 4.78 is 5.89. The molecule has 0 aromatic heterocycles. The van der Waals surface area contributed by atoms with Crippen molar-refractivity contribution < 1.29 is 4.74 Å². The van der Waals surface area contributed by atoms with Gasteiger partial charge in [-0.25, -0.2) is 0 Å². The lowest BCUT2D eigenvalue weighted by molar-refractivity contribution is 0.473. The van der Waals surface area contributed by atoms with Crippen LogP contribution in [-0.4, -0.2) is 6.54 Å². The monoisotopic (exact) mass is 343 g/mol. The fourth-order valence-electron chi connectivity index (χ4n) is 1.84. The van der Waals surface area contributed by atoms with Gasteiger partial charge in [-0.3, -0.25) is 0 Å². The molecule has 0 fully saturated rings. The van der Waals surface area contributed by atoms with Gasteiger partial charge in [-0.1, -0.05) is 47.8 Å². The van der Waals surface area contributed by atoms with E-state index in [-0.39, 0.29) is 0 Å². The smallest absolute Gasteiger partial charge is 0.133 e. The fraction of sp³-hybridized carbons (Fsp3) is 0.250. The van der Waals surface area contributed by atoms with Crippen LogP contribution in [-0.2, 0) is 6.54 Å². The van der Waals surface area contributed by atoms with E-state index in [4.69, 9.17) is 39.5 Å². The second-order valence-electron chi connectivity index (χ2n) is 4.61. The van der Waals surface area contributed by atoms with Gasteiger partial charge in [0.15, 0.2) is 0 Å². The highest BCUT2D eigenvalue weighted by Crippen LogP contribution is 2.32. The molecule has 0 unspecified atom stereocenters. The SMILES string of the molecule is CCCNCc1ccc(Cl)cc1Oc1ccc(Cl)c(Cl)c1. The van der Waals surface area contributed by atoms with E-state index in [9.17, 15) is 0 Å². The van der Waals surface area contributed by atoms with Crippen LogP contribution in [0.2, 0.25) is 15.1 Å². The van der Waals surface area contributed by atoms with E-state index in [0.29, 0.717) is 26.6 Å². The van der Waals surface area contributed by atoms with Crippen molar-refractivity contribution in [3.63, 3.8) is 0 Å². The normalized spacial score (nSPS) is 10.7. The molecule has 0 aliphatic heterocycles. The predicted molar refractivity (Wildman–Crippen MR) is 90.0 cm³/mol. The van der Waals surface area contributed by atoms with E-state index < -0.39 is 0 Å². The van der Waals surface area contributed by atoms with Crippen LogP contribution < -0.4 is 10.1 Å². The molecule has 0 bridgehead atoms. The Balaban J connectivity index is 2.20. The third kappa shape index (κ3) is 4.79. The van der Waals surface area contributed by atoms with Gasteiger partial charge in [0, 0.05) is 23.2 Å². The Morgan fingerprint density at radius 3 is 2.52 bits per heavy atom. The maximum absolute atomic E-state index is 6.05. The first-order valence-electron chi connectivity index (χ1n) is 6.72. The Bertz CT molecular complexity index is 616. The number of hydrogen-bond acceptors (Lipinski definition) is 2. The van der Waals surface area contributed by atoms with Gasteiger partial charge in [0.05, 0.1) is 10.0 Å².